The highest BCUT2D eigenvalue weighted by Crippen LogP contribution is 2.84. The molecule has 2 heterocycles. The average Bonchev–Trinajstić information content (AvgIpc) is 3.05. The quantitative estimate of drug-likeness (QED) is 0.676. The minimum atomic E-state index is -0.797. The third-order valence-corrected chi connectivity index (χ3v) is 11.0. The van der Waals surface area contributed by atoms with E-state index in [1.54, 1.807) is 0 Å². The zero-order chi connectivity index (χ0) is 18.6. The second-order valence-corrected chi connectivity index (χ2v) is 11.7. The number of carbonyl (C=O) groups excluding carboxylic acids is 1. The first-order valence-electron chi connectivity index (χ1n) is 11.1. The molecular formula is C22H31NO4. The van der Waals surface area contributed by atoms with Crippen molar-refractivity contribution in [1.82, 2.24) is 4.90 Å². The molecule has 0 aromatic heterocycles. The fourth-order valence-electron chi connectivity index (χ4n) is 10.6. The molecule has 5 heteroatoms. The van der Waals surface area contributed by atoms with Crippen molar-refractivity contribution in [3.05, 3.63) is 0 Å². The number of piperidine rings is 1. The zero-order valence-corrected chi connectivity index (χ0v) is 16.4. The molecule has 6 saturated carbocycles. The Kier molecular flexibility index (Phi) is 2.53. The van der Waals surface area contributed by atoms with Crippen LogP contribution in [0.15, 0.2) is 0 Å². The molecule has 0 radical (unpaired) electrons. The Morgan fingerprint density at radius 1 is 1.22 bits per heavy atom. The van der Waals surface area contributed by atoms with E-state index < -0.39 is 16.6 Å². The van der Waals surface area contributed by atoms with Crippen molar-refractivity contribution >= 4 is 5.78 Å². The predicted octanol–water partition coefficient (Wildman–Crippen LogP) is 1.70. The highest BCUT2D eigenvalue weighted by atomic mass is 16.5. The van der Waals surface area contributed by atoms with E-state index in [1.165, 1.54) is 0 Å². The van der Waals surface area contributed by atoms with Gasteiger partial charge in [-0.05, 0) is 50.9 Å². The zero-order valence-electron chi connectivity index (χ0n) is 16.4. The smallest absolute Gasteiger partial charge is 0.138 e. The lowest BCUT2D eigenvalue weighted by Gasteiger charge is -2.71. The van der Waals surface area contributed by atoms with Gasteiger partial charge >= 0.3 is 0 Å². The van der Waals surface area contributed by atoms with Gasteiger partial charge in [0.1, 0.15) is 12.0 Å². The second kappa shape index (κ2) is 4.19. The Balaban J connectivity index is 1.55. The van der Waals surface area contributed by atoms with Crippen LogP contribution in [0.5, 0.6) is 0 Å². The molecule has 8 aliphatic rings. The summed E-state index contributed by atoms with van der Waals surface area (Å²) in [5.74, 6) is 0.759. The van der Waals surface area contributed by atoms with E-state index in [1.807, 2.05) is 6.92 Å². The van der Waals surface area contributed by atoms with E-state index in [2.05, 4.69) is 11.8 Å². The van der Waals surface area contributed by atoms with Gasteiger partial charge in [0.05, 0.1) is 17.8 Å². The maximum absolute atomic E-state index is 13.8. The molecule has 8 fully saturated rings. The topological polar surface area (TPSA) is 70.0 Å². The number of aliphatic hydroxyl groups is 2. The maximum atomic E-state index is 13.8. The Labute approximate surface area is 160 Å². The summed E-state index contributed by atoms with van der Waals surface area (Å²) >= 11 is 0. The van der Waals surface area contributed by atoms with Gasteiger partial charge in [-0.2, -0.15) is 0 Å². The molecule has 5 nitrogen and oxygen atoms in total. The number of hydrogen-bond acceptors (Lipinski definition) is 5. The number of Topliss-reactive ketones (excluding diaryl/α,β-unsaturated/α-hetero) is 1. The van der Waals surface area contributed by atoms with Gasteiger partial charge in [0.25, 0.3) is 0 Å². The molecule has 0 unspecified atom stereocenters. The standard InChI is InChI=1S/C22H31NO4/c1-18-4-3-5-21-15(18)14(24)10-20-11-19(2,25)12(9-22(20,21)26)8-13(20)16(21)23-6-7-27-17(18)23/h12-13,15-17,25-26H,3-11H2,1-2H3/t12-,13+,15+,16+,17-,18-,19-,20+,21-,22-/m0/s1. The molecule has 0 aromatic carbocycles. The van der Waals surface area contributed by atoms with Crippen LogP contribution in [0.3, 0.4) is 0 Å². The molecule has 0 aromatic rings. The van der Waals surface area contributed by atoms with Gasteiger partial charge in [0.2, 0.25) is 0 Å². The van der Waals surface area contributed by atoms with Crippen molar-refractivity contribution in [2.24, 2.45) is 34.0 Å². The number of carbonyl (C=O) groups is 1. The molecule has 2 saturated heterocycles. The summed E-state index contributed by atoms with van der Waals surface area (Å²) < 4.78 is 6.29. The number of ether oxygens (including phenoxy) is 1. The molecule has 6 bridgehead atoms. The summed E-state index contributed by atoms with van der Waals surface area (Å²) in [6, 6.07) is 0.251. The van der Waals surface area contributed by atoms with Crippen molar-refractivity contribution in [2.45, 2.75) is 82.3 Å². The lowest BCUT2D eigenvalue weighted by Crippen LogP contribution is -2.77. The van der Waals surface area contributed by atoms with Crippen LogP contribution in [0.25, 0.3) is 0 Å². The number of fused-ring (bicyclic) bond motifs is 4. The van der Waals surface area contributed by atoms with Crippen LogP contribution in [0, 0.1) is 34.0 Å². The normalized spacial score (nSPS) is 68.3. The highest BCUT2D eigenvalue weighted by Gasteiger charge is 2.90. The summed E-state index contributed by atoms with van der Waals surface area (Å²) in [5.41, 5.74) is -2.49. The van der Waals surface area contributed by atoms with Crippen LogP contribution in [0.4, 0.5) is 0 Å². The fourth-order valence-corrected chi connectivity index (χ4v) is 10.6. The van der Waals surface area contributed by atoms with E-state index in [0.29, 0.717) is 31.0 Å². The third-order valence-electron chi connectivity index (χ3n) is 11.0. The van der Waals surface area contributed by atoms with Crippen molar-refractivity contribution in [3.8, 4) is 0 Å². The minimum absolute atomic E-state index is 0.0296. The van der Waals surface area contributed by atoms with Crippen LogP contribution in [0.1, 0.15) is 58.8 Å². The first-order chi connectivity index (χ1) is 12.7. The van der Waals surface area contributed by atoms with E-state index in [9.17, 15) is 15.0 Å². The maximum Gasteiger partial charge on any atom is 0.138 e. The van der Waals surface area contributed by atoms with Gasteiger partial charge in [0, 0.05) is 41.2 Å². The first kappa shape index (κ1) is 16.3. The molecule has 27 heavy (non-hydrogen) atoms. The molecule has 2 aliphatic heterocycles. The summed E-state index contributed by atoms with van der Waals surface area (Å²) in [5, 5.41) is 23.7. The minimum Gasteiger partial charge on any atom is -0.390 e. The van der Waals surface area contributed by atoms with Crippen molar-refractivity contribution in [2.75, 3.05) is 13.2 Å². The predicted molar refractivity (Wildman–Crippen MR) is 96.6 cm³/mol. The number of nitrogens with zero attached hydrogens (tertiary/aromatic N) is 1. The Hall–Kier alpha value is -0.490. The van der Waals surface area contributed by atoms with Gasteiger partial charge in [0.15, 0.2) is 0 Å². The molecule has 2 N–H and O–H groups in total. The van der Waals surface area contributed by atoms with Gasteiger partial charge in [-0.3, -0.25) is 9.69 Å². The average molecular weight is 373 g/mol. The van der Waals surface area contributed by atoms with Crippen molar-refractivity contribution in [3.63, 3.8) is 0 Å². The molecular weight excluding hydrogens is 342 g/mol. The third kappa shape index (κ3) is 1.32. The molecule has 8 rings (SSSR count). The monoisotopic (exact) mass is 373 g/mol. The van der Waals surface area contributed by atoms with Gasteiger partial charge in [-0.15, -0.1) is 0 Å². The van der Waals surface area contributed by atoms with E-state index in [-0.39, 0.29) is 34.9 Å². The SMILES string of the molecule is C[C@]12CCC[C@]34[C@@H]1C(=O)C[C@@]15C[C@](C)(O)[C@@H](C[C@@H]1[C@H]3N1CCO[C@H]12)C[C@]54O. The summed E-state index contributed by atoms with van der Waals surface area (Å²) in [6.07, 6.45) is 5.81. The second-order valence-electron chi connectivity index (χ2n) is 11.7. The number of rotatable bonds is 0. The van der Waals surface area contributed by atoms with Gasteiger partial charge in [-0.25, -0.2) is 0 Å². The van der Waals surface area contributed by atoms with E-state index in [0.717, 1.165) is 38.8 Å². The van der Waals surface area contributed by atoms with Crippen LogP contribution in [-0.2, 0) is 9.53 Å². The Morgan fingerprint density at radius 3 is 2.85 bits per heavy atom. The summed E-state index contributed by atoms with van der Waals surface area (Å²) in [6.45, 7) is 5.89. The molecule has 6 aliphatic carbocycles. The summed E-state index contributed by atoms with van der Waals surface area (Å²) in [7, 11) is 0. The van der Waals surface area contributed by atoms with Crippen LogP contribution in [-0.4, -0.2) is 57.5 Å². The lowest BCUT2D eigenvalue weighted by atomic mass is 9.36. The van der Waals surface area contributed by atoms with Crippen molar-refractivity contribution < 1.29 is 19.7 Å². The van der Waals surface area contributed by atoms with E-state index in [4.69, 9.17) is 4.74 Å². The van der Waals surface area contributed by atoms with Crippen LogP contribution in [0.2, 0.25) is 0 Å². The highest BCUT2D eigenvalue weighted by molar-refractivity contribution is 5.87. The molecule has 2 spiro atoms. The van der Waals surface area contributed by atoms with Gasteiger partial charge in [-0.1, -0.05) is 13.3 Å². The number of hydrogen-bond donors (Lipinski definition) is 2. The lowest BCUT2D eigenvalue weighted by molar-refractivity contribution is -0.302. The largest absolute Gasteiger partial charge is 0.390 e. The fraction of sp³-hybridized carbons (Fsp3) is 0.955. The molecule has 0 amide bonds. The van der Waals surface area contributed by atoms with Crippen molar-refractivity contribution in [1.29, 1.82) is 0 Å². The van der Waals surface area contributed by atoms with Gasteiger partial charge < -0.3 is 14.9 Å². The van der Waals surface area contributed by atoms with Crippen LogP contribution < -0.4 is 0 Å². The number of ketones is 1. The molecule has 10 atom stereocenters. The first-order valence-corrected chi connectivity index (χ1v) is 11.1. The van der Waals surface area contributed by atoms with E-state index >= 15 is 0 Å². The Bertz CT molecular complexity index is 782. The molecule has 148 valence electrons. The summed E-state index contributed by atoms with van der Waals surface area (Å²) in [4.78, 5) is 16.3. The van der Waals surface area contributed by atoms with Crippen LogP contribution >= 0.6 is 0 Å². The Morgan fingerprint density at radius 2 is 2.04 bits per heavy atom.